The second-order valence-electron chi connectivity index (χ2n) is 3.66. The van der Waals surface area contributed by atoms with Crippen molar-refractivity contribution in [3.05, 3.63) is 52.0 Å². The summed E-state index contributed by atoms with van der Waals surface area (Å²) in [5, 5.41) is 2.85. The van der Waals surface area contributed by atoms with Crippen LogP contribution < -0.4 is 5.32 Å². The number of amides is 1. The van der Waals surface area contributed by atoms with E-state index in [1.54, 1.807) is 17.8 Å². The van der Waals surface area contributed by atoms with Crippen molar-refractivity contribution in [1.82, 2.24) is 0 Å². The van der Waals surface area contributed by atoms with E-state index in [1.165, 1.54) is 6.08 Å². The highest BCUT2D eigenvalue weighted by Gasteiger charge is 2.03. The molecule has 2 rings (SSSR count). The molecule has 98 valence electrons. The normalized spacial score (nSPS) is 10.8. The highest BCUT2D eigenvalue weighted by Crippen LogP contribution is 2.24. The molecule has 0 aliphatic carbocycles. The molecule has 2 aromatic rings. The van der Waals surface area contributed by atoms with Gasteiger partial charge >= 0.3 is 0 Å². The lowest BCUT2D eigenvalue weighted by Gasteiger charge is -2.06. The minimum absolute atomic E-state index is 0.173. The van der Waals surface area contributed by atoms with Crippen molar-refractivity contribution >= 4 is 52.0 Å². The Bertz CT molecular complexity index is 607. The molecule has 19 heavy (non-hydrogen) atoms. The van der Waals surface area contributed by atoms with Gasteiger partial charge in [0.05, 0.1) is 5.69 Å². The number of para-hydroxylation sites is 1. The number of furan rings is 1. The van der Waals surface area contributed by atoms with E-state index in [-0.39, 0.29) is 5.91 Å². The van der Waals surface area contributed by atoms with Crippen molar-refractivity contribution in [3.63, 3.8) is 0 Å². The molecule has 1 heterocycles. The SMILES string of the molecule is CSc1ccccc1NC(=O)C=Cc1ccc(I)o1. The van der Waals surface area contributed by atoms with E-state index >= 15 is 0 Å². The Labute approximate surface area is 129 Å². The highest BCUT2D eigenvalue weighted by atomic mass is 127. The lowest BCUT2D eigenvalue weighted by molar-refractivity contribution is -0.111. The first-order chi connectivity index (χ1) is 9.19. The fourth-order valence-corrected chi connectivity index (χ4v) is 2.49. The summed E-state index contributed by atoms with van der Waals surface area (Å²) in [5.41, 5.74) is 0.818. The number of benzene rings is 1. The number of thioether (sulfide) groups is 1. The highest BCUT2D eigenvalue weighted by molar-refractivity contribution is 14.1. The maximum atomic E-state index is 11.8. The molecule has 1 aromatic heterocycles. The van der Waals surface area contributed by atoms with Crippen LogP contribution in [-0.2, 0) is 4.79 Å². The number of hydrogen-bond acceptors (Lipinski definition) is 3. The third kappa shape index (κ3) is 4.14. The van der Waals surface area contributed by atoms with E-state index < -0.39 is 0 Å². The van der Waals surface area contributed by atoms with Gasteiger partial charge in [0.2, 0.25) is 5.91 Å². The number of hydrogen-bond donors (Lipinski definition) is 1. The average molecular weight is 385 g/mol. The van der Waals surface area contributed by atoms with E-state index in [0.29, 0.717) is 5.76 Å². The summed E-state index contributed by atoms with van der Waals surface area (Å²) in [6.07, 6.45) is 5.09. The van der Waals surface area contributed by atoms with Gasteiger partial charge in [-0.15, -0.1) is 11.8 Å². The predicted molar refractivity (Wildman–Crippen MR) is 87.3 cm³/mol. The van der Waals surface area contributed by atoms with Crippen LogP contribution in [0.25, 0.3) is 6.08 Å². The zero-order chi connectivity index (χ0) is 13.7. The van der Waals surface area contributed by atoms with Crippen LogP contribution >= 0.6 is 34.4 Å². The van der Waals surface area contributed by atoms with Gasteiger partial charge in [-0.25, -0.2) is 0 Å². The Hall–Kier alpha value is -1.21. The zero-order valence-corrected chi connectivity index (χ0v) is 13.2. The summed E-state index contributed by atoms with van der Waals surface area (Å²) in [4.78, 5) is 12.8. The molecule has 0 saturated carbocycles. The molecule has 1 aromatic carbocycles. The van der Waals surface area contributed by atoms with Gasteiger partial charge < -0.3 is 9.73 Å². The molecule has 0 aliphatic rings. The third-order valence-electron chi connectivity index (χ3n) is 2.36. The maximum absolute atomic E-state index is 11.8. The number of carbonyl (C=O) groups is 1. The van der Waals surface area contributed by atoms with Crippen molar-refractivity contribution in [3.8, 4) is 0 Å². The van der Waals surface area contributed by atoms with Crippen molar-refractivity contribution in [2.75, 3.05) is 11.6 Å². The second kappa shape index (κ2) is 6.81. The molecule has 0 aliphatic heterocycles. The minimum atomic E-state index is -0.173. The minimum Gasteiger partial charge on any atom is -0.451 e. The topological polar surface area (TPSA) is 42.2 Å². The molecule has 0 unspecified atom stereocenters. The first kappa shape index (κ1) is 14.2. The van der Waals surface area contributed by atoms with Gasteiger partial charge in [-0.05, 0) is 59.2 Å². The van der Waals surface area contributed by atoms with E-state index in [2.05, 4.69) is 27.9 Å². The molecule has 1 amide bonds. The van der Waals surface area contributed by atoms with Crippen LogP contribution in [0.1, 0.15) is 5.76 Å². The van der Waals surface area contributed by atoms with Crippen LogP contribution in [0.4, 0.5) is 5.69 Å². The summed E-state index contributed by atoms with van der Waals surface area (Å²) in [6, 6.07) is 11.4. The Balaban J connectivity index is 2.03. The van der Waals surface area contributed by atoms with Gasteiger partial charge in [-0.1, -0.05) is 12.1 Å². The Morgan fingerprint density at radius 2 is 2.11 bits per heavy atom. The van der Waals surface area contributed by atoms with E-state index in [9.17, 15) is 4.79 Å². The van der Waals surface area contributed by atoms with Gasteiger partial charge in [-0.2, -0.15) is 0 Å². The molecule has 0 saturated heterocycles. The molecule has 3 nitrogen and oxygen atoms in total. The van der Waals surface area contributed by atoms with Crippen LogP contribution in [0.2, 0.25) is 0 Å². The van der Waals surface area contributed by atoms with Gasteiger partial charge in [-0.3, -0.25) is 4.79 Å². The lowest BCUT2D eigenvalue weighted by Crippen LogP contribution is -2.08. The largest absolute Gasteiger partial charge is 0.451 e. The number of rotatable bonds is 4. The van der Waals surface area contributed by atoms with Crippen LogP contribution in [0.3, 0.4) is 0 Å². The van der Waals surface area contributed by atoms with Gasteiger partial charge in [0.15, 0.2) is 3.77 Å². The maximum Gasteiger partial charge on any atom is 0.248 e. The monoisotopic (exact) mass is 385 g/mol. The van der Waals surface area contributed by atoms with Gasteiger partial charge in [0.1, 0.15) is 5.76 Å². The molecule has 0 spiro atoms. The molecular weight excluding hydrogens is 373 g/mol. The number of halogens is 1. The van der Waals surface area contributed by atoms with Crippen LogP contribution in [-0.4, -0.2) is 12.2 Å². The number of anilines is 1. The van der Waals surface area contributed by atoms with Crippen molar-refractivity contribution in [1.29, 1.82) is 0 Å². The number of nitrogens with one attached hydrogen (secondary N) is 1. The molecule has 5 heteroatoms. The third-order valence-corrected chi connectivity index (χ3v) is 3.73. The summed E-state index contributed by atoms with van der Waals surface area (Å²) < 4.78 is 6.14. The second-order valence-corrected chi connectivity index (χ2v) is 5.58. The van der Waals surface area contributed by atoms with Crippen molar-refractivity contribution < 1.29 is 9.21 Å². The smallest absolute Gasteiger partial charge is 0.248 e. The Kier molecular flexibility index (Phi) is 5.09. The first-order valence-electron chi connectivity index (χ1n) is 5.56. The van der Waals surface area contributed by atoms with E-state index in [4.69, 9.17) is 4.42 Å². The average Bonchev–Trinajstić information content (AvgIpc) is 2.83. The standard InChI is InChI=1S/C14H12INO2S/c1-19-12-5-3-2-4-11(12)16-14(17)9-7-10-6-8-13(15)18-10/h2-9H,1H3,(H,16,17). The molecule has 0 bridgehead atoms. The van der Waals surface area contributed by atoms with Gasteiger partial charge in [0, 0.05) is 11.0 Å². The summed E-state index contributed by atoms with van der Waals surface area (Å²) in [6.45, 7) is 0. The fraction of sp³-hybridized carbons (Fsp3) is 0.0714. The van der Waals surface area contributed by atoms with Gasteiger partial charge in [0.25, 0.3) is 0 Å². The first-order valence-corrected chi connectivity index (χ1v) is 7.87. The Morgan fingerprint density at radius 1 is 1.32 bits per heavy atom. The predicted octanol–water partition coefficient (Wildman–Crippen LogP) is 4.26. The molecular formula is C14H12INO2S. The summed E-state index contributed by atoms with van der Waals surface area (Å²) >= 11 is 3.68. The van der Waals surface area contributed by atoms with Crippen LogP contribution in [0.5, 0.6) is 0 Å². The summed E-state index contributed by atoms with van der Waals surface area (Å²) in [7, 11) is 0. The number of carbonyl (C=O) groups excluding carboxylic acids is 1. The lowest BCUT2D eigenvalue weighted by atomic mass is 10.3. The fourth-order valence-electron chi connectivity index (χ4n) is 1.50. The van der Waals surface area contributed by atoms with Crippen LogP contribution in [0, 0.1) is 3.77 Å². The Morgan fingerprint density at radius 3 is 2.79 bits per heavy atom. The molecule has 1 N–H and O–H groups in total. The molecule has 0 atom stereocenters. The van der Waals surface area contributed by atoms with Crippen molar-refractivity contribution in [2.45, 2.75) is 4.90 Å². The van der Waals surface area contributed by atoms with Crippen LogP contribution in [0.15, 0.2) is 51.8 Å². The summed E-state index contributed by atoms with van der Waals surface area (Å²) in [5.74, 6) is 0.491. The quantitative estimate of drug-likeness (QED) is 0.486. The molecule has 0 radical (unpaired) electrons. The molecule has 0 fully saturated rings. The van der Waals surface area contributed by atoms with Crippen molar-refractivity contribution in [2.24, 2.45) is 0 Å². The zero-order valence-electron chi connectivity index (χ0n) is 10.2. The van der Waals surface area contributed by atoms with E-state index in [1.807, 2.05) is 42.7 Å². The van der Waals surface area contributed by atoms with E-state index in [0.717, 1.165) is 14.3 Å².